The van der Waals surface area contributed by atoms with E-state index in [9.17, 15) is 8.42 Å². The molecule has 4 nitrogen and oxygen atoms in total. The number of hydrogen-bond donors (Lipinski definition) is 1. The van der Waals surface area contributed by atoms with Crippen LogP contribution in [0.25, 0.3) is 0 Å². The molecule has 1 heterocycles. The Labute approximate surface area is 126 Å². The summed E-state index contributed by atoms with van der Waals surface area (Å²) < 4.78 is 28.0. The lowest BCUT2D eigenvalue weighted by molar-refractivity contribution is 0.599. The molecule has 0 saturated heterocycles. The van der Waals surface area contributed by atoms with E-state index >= 15 is 0 Å². The van der Waals surface area contributed by atoms with Gasteiger partial charge in [0.1, 0.15) is 0 Å². The first-order valence-electron chi connectivity index (χ1n) is 6.75. The molecule has 0 amide bonds. The van der Waals surface area contributed by atoms with E-state index in [1.165, 1.54) is 6.20 Å². The topological polar surface area (TPSA) is 59.1 Å². The third kappa shape index (κ3) is 2.78. The Hall–Kier alpha value is -1.88. The molecule has 0 spiro atoms. The molecular weight excluding hydrogens is 284 g/mol. The minimum atomic E-state index is -3.63. The van der Waals surface area contributed by atoms with Gasteiger partial charge >= 0.3 is 0 Å². The van der Waals surface area contributed by atoms with Crippen LogP contribution in [0, 0.1) is 34.6 Å². The van der Waals surface area contributed by atoms with E-state index in [0.717, 1.165) is 27.8 Å². The summed E-state index contributed by atoms with van der Waals surface area (Å²) in [6.07, 6.45) is 3.10. The Bertz CT molecular complexity index is 753. The van der Waals surface area contributed by atoms with Crippen molar-refractivity contribution in [2.45, 2.75) is 39.5 Å². The Morgan fingerprint density at radius 3 is 1.90 bits per heavy atom. The van der Waals surface area contributed by atoms with Gasteiger partial charge in [-0.3, -0.25) is 9.71 Å². The van der Waals surface area contributed by atoms with Gasteiger partial charge in [0.15, 0.2) is 0 Å². The quantitative estimate of drug-likeness (QED) is 0.945. The molecule has 21 heavy (non-hydrogen) atoms. The van der Waals surface area contributed by atoms with Gasteiger partial charge in [-0.1, -0.05) is 0 Å². The minimum Gasteiger partial charge on any atom is -0.278 e. The van der Waals surface area contributed by atoms with Crippen molar-refractivity contribution in [2.24, 2.45) is 0 Å². The van der Waals surface area contributed by atoms with Crippen LogP contribution in [0.2, 0.25) is 0 Å². The van der Waals surface area contributed by atoms with Crippen LogP contribution in [0.4, 0.5) is 5.69 Å². The number of sulfonamides is 1. The number of hydrogen-bond acceptors (Lipinski definition) is 3. The molecule has 0 aliphatic carbocycles. The summed E-state index contributed by atoms with van der Waals surface area (Å²) in [7, 11) is -3.63. The molecule has 112 valence electrons. The van der Waals surface area contributed by atoms with Crippen LogP contribution in [-0.4, -0.2) is 13.4 Å². The number of nitrogens with one attached hydrogen (secondary N) is 1. The minimum absolute atomic E-state index is 0.368. The maximum atomic E-state index is 12.7. The van der Waals surface area contributed by atoms with Crippen LogP contribution in [0.5, 0.6) is 0 Å². The zero-order chi connectivity index (χ0) is 15.8. The second-order valence-electron chi connectivity index (χ2n) is 5.30. The maximum absolute atomic E-state index is 12.7. The summed E-state index contributed by atoms with van der Waals surface area (Å²) in [4.78, 5) is 4.30. The van der Waals surface area contributed by atoms with E-state index in [-0.39, 0.29) is 0 Å². The van der Waals surface area contributed by atoms with Crippen molar-refractivity contribution in [3.63, 3.8) is 0 Å². The van der Waals surface area contributed by atoms with Gasteiger partial charge in [-0.05, 0) is 74.6 Å². The van der Waals surface area contributed by atoms with E-state index in [1.807, 2.05) is 34.6 Å². The number of anilines is 1. The van der Waals surface area contributed by atoms with Gasteiger partial charge in [0.05, 0.1) is 16.8 Å². The normalized spacial score (nSPS) is 11.5. The van der Waals surface area contributed by atoms with Crippen LogP contribution < -0.4 is 4.72 Å². The van der Waals surface area contributed by atoms with Gasteiger partial charge in [-0.25, -0.2) is 8.42 Å². The van der Waals surface area contributed by atoms with Gasteiger partial charge in [-0.2, -0.15) is 0 Å². The Balaban J connectivity index is 2.61. The summed E-state index contributed by atoms with van der Waals surface area (Å²) in [5.41, 5.74) is 5.24. The molecule has 0 unspecified atom stereocenters. The lowest BCUT2D eigenvalue weighted by Gasteiger charge is -2.19. The average molecular weight is 304 g/mol. The molecule has 2 rings (SSSR count). The maximum Gasteiger partial charge on any atom is 0.262 e. The van der Waals surface area contributed by atoms with Crippen molar-refractivity contribution in [3.8, 4) is 0 Å². The first kappa shape index (κ1) is 15.5. The molecule has 0 atom stereocenters. The molecule has 1 aromatic carbocycles. The van der Waals surface area contributed by atoms with Crippen molar-refractivity contribution in [1.82, 2.24) is 4.98 Å². The molecule has 0 bridgehead atoms. The van der Waals surface area contributed by atoms with Crippen molar-refractivity contribution in [1.29, 1.82) is 0 Å². The first-order valence-corrected chi connectivity index (χ1v) is 8.24. The molecule has 0 fully saturated rings. The Morgan fingerprint density at radius 1 is 0.905 bits per heavy atom. The smallest absolute Gasteiger partial charge is 0.262 e. The van der Waals surface area contributed by atoms with Crippen LogP contribution >= 0.6 is 0 Å². The number of benzene rings is 1. The summed E-state index contributed by atoms with van der Waals surface area (Å²) >= 11 is 0. The van der Waals surface area contributed by atoms with E-state index in [1.54, 1.807) is 18.3 Å². The van der Waals surface area contributed by atoms with Gasteiger partial charge in [0.2, 0.25) is 0 Å². The number of aromatic nitrogens is 1. The fraction of sp³-hybridized carbons (Fsp3) is 0.312. The highest BCUT2D eigenvalue weighted by atomic mass is 32.2. The van der Waals surface area contributed by atoms with Crippen LogP contribution in [-0.2, 0) is 10.0 Å². The zero-order valence-corrected chi connectivity index (χ0v) is 13.8. The Morgan fingerprint density at radius 2 is 1.43 bits per heavy atom. The van der Waals surface area contributed by atoms with Crippen LogP contribution in [0.15, 0.2) is 29.4 Å². The van der Waals surface area contributed by atoms with Gasteiger partial charge in [-0.15, -0.1) is 0 Å². The predicted molar refractivity (Wildman–Crippen MR) is 85.2 cm³/mol. The van der Waals surface area contributed by atoms with Crippen LogP contribution in [0.1, 0.15) is 27.8 Å². The molecular formula is C16H20N2O2S. The number of nitrogens with zero attached hydrogens (tertiary/aromatic N) is 1. The highest BCUT2D eigenvalue weighted by Gasteiger charge is 2.23. The van der Waals surface area contributed by atoms with Crippen molar-refractivity contribution >= 4 is 15.7 Å². The lowest BCUT2D eigenvalue weighted by Crippen LogP contribution is -2.17. The molecule has 0 radical (unpaired) electrons. The summed E-state index contributed by atoms with van der Waals surface area (Å²) in [6, 6.07) is 3.38. The van der Waals surface area contributed by atoms with Crippen molar-refractivity contribution in [3.05, 3.63) is 52.3 Å². The molecule has 2 aromatic rings. The lowest BCUT2D eigenvalue weighted by atomic mass is 9.95. The standard InChI is InChI=1S/C16H20N2O2S/c1-10-11(2)13(4)16(14(5)12(10)3)21(19,20)18-15-7-6-8-17-9-15/h6-9,18H,1-5H3. The SMILES string of the molecule is Cc1c(C)c(C)c(S(=O)(=O)Nc2cccnc2)c(C)c1C. The second kappa shape index (κ2) is 5.48. The number of rotatable bonds is 3. The summed E-state index contributed by atoms with van der Waals surface area (Å²) in [6.45, 7) is 9.65. The molecule has 1 aromatic heterocycles. The van der Waals surface area contributed by atoms with Crippen molar-refractivity contribution in [2.75, 3.05) is 4.72 Å². The molecule has 0 aliphatic rings. The third-order valence-corrected chi connectivity index (χ3v) is 5.77. The van der Waals surface area contributed by atoms with Crippen LogP contribution in [0.3, 0.4) is 0 Å². The monoisotopic (exact) mass is 304 g/mol. The van der Waals surface area contributed by atoms with Gasteiger partial charge in [0, 0.05) is 6.20 Å². The summed E-state index contributed by atoms with van der Waals surface area (Å²) in [5, 5.41) is 0. The average Bonchev–Trinajstić information content (AvgIpc) is 2.43. The zero-order valence-electron chi connectivity index (χ0n) is 13.0. The largest absolute Gasteiger partial charge is 0.278 e. The molecule has 0 aliphatic heterocycles. The molecule has 1 N–H and O–H groups in total. The highest BCUT2D eigenvalue weighted by molar-refractivity contribution is 7.92. The van der Waals surface area contributed by atoms with Gasteiger partial charge < -0.3 is 0 Å². The Kier molecular flexibility index (Phi) is 4.05. The third-order valence-electron chi connectivity index (χ3n) is 4.11. The molecule has 5 heteroatoms. The fourth-order valence-electron chi connectivity index (χ4n) is 2.50. The van der Waals surface area contributed by atoms with E-state index < -0.39 is 10.0 Å². The van der Waals surface area contributed by atoms with E-state index in [2.05, 4.69) is 9.71 Å². The van der Waals surface area contributed by atoms with Crippen molar-refractivity contribution < 1.29 is 8.42 Å². The fourth-order valence-corrected chi connectivity index (χ4v) is 4.14. The van der Waals surface area contributed by atoms with E-state index in [0.29, 0.717) is 10.6 Å². The van der Waals surface area contributed by atoms with Gasteiger partial charge in [0.25, 0.3) is 10.0 Å². The molecule has 0 saturated carbocycles. The summed E-state index contributed by atoms with van der Waals surface area (Å²) in [5.74, 6) is 0. The number of pyridine rings is 1. The highest BCUT2D eigenvalue weighted by Crippen LogP contribution is 2.30. The first-order chi connectivity index (χ1) is 9.75. The van der Waals surface area contributed by atoms with E-state index in [4.69, 9.17) is 0 Å². The predicted octanol–water partition coefficient (Wildman–Crippen LogP) is 3.42. The second-order valence-corrected chi connectivity index (χ2v) is 6.92.